The molecule has 1 saturated heterocycles. The summed E-state index contributed by atoms with van der Waals surface area (Å²) in [6.45, 7) is 2.07. The monoisotopic (exact) mass is 412 g/mol. The summed E-state index contributed by atoms with van der Waals surface area (Å²) in [6.07, 6.45) is 1.72. The van der Waals surface area contributed by atoms with E-state index < -0.39 is 0 Å². The van der Waals surface area contributed by atoms with Crippen LogP contribution in [0.3, 0.4) is 0 Å². The van der Waals surface area contributed by atoms with Crippen molar-refractivity contribution < 1.29 is 24.2 Å². The van der Waals surface area contributed by atoms with Crippen LogP contribution in [0.4, 0.5) is 5.69 Å². The number of phenolic OH excluding ortho intramolecular Hbond substituents is 1. The number of nitrogens with zero attached hydrogens (tertiary/aromatic N) is 2. The van der Waals surface area contributed by atoms with E-state index in [1.165, 1.54) is 29.8 Å². The zero-order valence-electron chi connectivity index (χ0n) is 16.2. The molecule has 0 aliphatic carbocycles. The first-order valence-corrected chi connectivity index (χ1v) is 9.65. The van der Waals surface area contributed by atoms with Crippen molar-refractivity contribution in [2.45, 2.75) is 6.92 Å². The number of rotatable bonds is 5. The van der Waals surface area contributed by atoms with Gasteiger partial charge in [-0.3, -0.25) is 9.69 Å². The Balaban J connectivity index is 1.82. The van der Waals surface area contributed by atoms with Gasteiger partial charge in [-0.2, -0.15) is 0 Å². The summed E-state index contributed by atoms with van der Waals surface area (Å²) in [5.41, 5.74) is 1.79. The van der Waals surface area contributed by atoms with Crippen molar-refractivity contribution in [1.82, 2.24) is 4.90 Å². The van der Waals surface area contributed by atoms with E-state index in [-0.39, 0.29) is 17.6 Å². The van der Waals surface area contributed by atoms with Gasteiger partial charge in [-0.05, 0) is 66.7 Å². The van der Waals surface area contributed by atoms with Crippen molar-refractivity contribution in [3.8, 4) is 11.5 Å². The number of carbonyl (C=O) groups is 2. The summed E-state index contributed by atoms with van der Waals surface area (Å²) in [4.78, 5) is 30.8. The fourth-order valence-electron chi connectivity index (χ4n) is 2.58. The normalized spacial score (nSPS) is 16.5. The molecule has 0 bridgehead atoms. The lowest BCUT2D eigenvalue weighted by Gasteiger charge is -2.07. The van der Waals surface area contributed by atoms with Gasteiger partial charge in [0, 0.05) is 7.05 Å². The molecule has 0 unspecified atom stereocenters. The summed E-state index contributed by atoms with van der Waals surface area (Å²) in [5.74, 6) is -0.197. The zero-order chi connectivity index (χ0) is 21.0. The molecule has 1 aliphatic heterocycles. The van der Waals surface area contributed by atoms with Gasteiger partial charge in [-0.25, -0.2) is 9.79 Å². The SMILES string of the molecule is CCOC(=O)c1ccc(N=C2S/C(=C/c3ccc(O)c(OC)c3)C(=O)N2C)cc1. The average molecular weight is 412 g/mol. The number of thioether (sulfide) groups is 1. The maximum Gasteiger partial charge on any atom is 0.338 e. The first-order chi connectivity index (χ1) is 13.9. The summed E-state index contributed by atoms with van der Waals surface area (Å²) in [6, 6.07) is 11.5. The molecule has 0 spiro atoms. The molecule has 0 aromatic heterocycles. The molecular formula is C21H20N2O5S. The third kappa shape index (κ3) is 4.60. The maximum atomic E-state index is 12.6. The van der Waals surface area contributed by atoms with Crippen LogP contribution in [-0.2, 0) is 9.53 Å². The predicted octanol–water partition coefficient (Wildman–Crippen LogP) is 3.81. The van der Waals surface area contributed by atoms with E-state index in [4.69, 9.17) is 9.47 Å². The molecule has 29 heavy (non-hydrogen) atoms. The van der Waals surface area contributed by atoms with Crippen LogP contribution >= 0.6 is 11.8 Å². The van der Waals surface area contributed by atoms with Gasteiger partial charge in [0.15, 0.2) is 16.7 Å². The molecule has 0 saturated carbocycles. The number of likely N-dealkylation sites (N-methyl/N-ethyl adjacent to an activating group) is 1. The minimum Gasteiger partial charge on any atom is -0.504 e. The molecule has 1 fully saturated rings. The topological polar surface area (TPSA) is 88.4 Å². The highest BCUT2D eigenvalue weighted by molar-refractivity contribution is 8.18. The Bertz CT molecular complexity index is 999. The van der Waals surface area contributed by atoms with Gasteiger partial charge in [-0.15, -0.1) is 0 Å². The Kier molecular flexibility index (Phi) is 6.23. The lowest BCUT2D eigenvalue weighted by atomic mass is 10.2. The molecular weight excluding hydrogens is 392 g/mol. The number of aromatic hydroxyl groups is 1. The number of phenols is 1. The fraction of sp³-hybridized carbons (Fsp3) is 0.190. The number of amidine groups is 1. The average Bonchev–Trinajstić information content (AvgIpc) is 2.98. The third-order valence-electron chi connectivity index (χ3n) is 4.11. The van der Waals surface area contributed by atoms with Crippen molar-refractivity contribution in [3.63, 3.8) is 0 Å². The highest BCUT2D eigenvalue weighted by atomic mass is 32.2. The number of methoxy groups -OCH3 is 1. The highest BCUT2D eigenvalue weighted by Crippen LogP contribution is 2.34. The molecule has 7 nitrogen and oxygen atoms in total. The second-order valence-corrected chi connectivity index (χ2v) is 7.08. The maximum absolute atomic E-state index is 12.6. The molecule has 3 rings (SSSR count). The summed E-state index contributed by atoms with van der Waals surface area (Å²) in [5, 5.41) is 10.2. The summed E-state index contributed by atoms with van der Waals surface area (Å²) in [7, 11) is 3.12. The Morgan fingerprint density at radius 2 is 1.97 bits per heavy atom. The van der Waals surface area contributed by atoms with Crippen molar-refractivity contribution in [2.24, 2.45) is 4.99 Å². The van der Waals surface area contributed by atoms with Crippen LogP contribution in [0.5, 0.6) is 11.5 Å². The molecule has 8 heteroatoms. The number of hydrogen-bond donors (Lipinski definition) is 1. The highest BCUT2D eigenvalue weighted by Gasteiger charge is 2.30. The zero-order valence-corrected chi connectivity index (χ0v) is 17.0. The molecule has 1 aliphatic rings. The van der Waals surface area contributed by atoms with E-state index in [0.717, 1.165) is 5.56 Å². The number of esters is 1. The van der Waals surface area contributed by atoms with Crippen LogP contribution in [0.1, 0.15) is 22.8 Å². The van der Waals surface area contributed by atoms with E-state index >= 15 is 0 Å². The third-order valence-corrected chi connectivity index (χ3v) is 5.17. The quantitative estimate of drug-likeness (QED) is 0.593. The van der Waals surface area contributed by atoms with E-state index in [2.05, 4.69) is 4.99 Å². The van der Waals surface area contributed by atoms with Crippen LogP contribution in [0.25, 0.3) is 6.08 Å². The first kappa shape index (κ1) is 20.5. The molecule has 1 amide bonds. The van der Waals surface area contributed by atoms with Crippen LogP contribution in [0.15, 0.2) is 52.4 Å². The molecule has 2 aromatic rings. The molecule has 2 aromatic carbocycles. The first-order valence-electron chi connectivity index (χ1n) is 8.83. The summed E-state index contributed by atoms with van der Waals surface area (Å²) < 4.78 is 10.1. The number of ether oxygens (including phenoxy) is 2. The number of aliphatic imine (C=N–C) groups is 1. The van der Waals surface area contributed by atoms with Gasteiger partial charge in [0.2, 0.25) is 0 Å². The van der Waals surface area contributed by atoms with E-state index in [1.54, 1.807) is 56.4 Å². The van der Waals surface area contributed by atoms with Crippen molar-refractivity contribution in [3.05, 3.63) is 58.5 Å². The molecule has 0 radical (unpaired) electrons. The Labute approximate surface area is 172 Å². The second-order valence-electron chi connectivity index (χ2n) is 6.07. The minimum atomic E-state index is -0.385. The standard InChI is InChI=1S/C21H20N2O5S/c1-4-28-20(26)14-6-8-15(9-7-14)22-21-23(2)19(25)18(29-21)12-13-5-10-16(24)17(11-13)27-3/h5-12,24H,4H2,1-3H3/b18-12+,22-21?. The van der Waals surface area contributed by atoms with E-state index in [0.29, 0.717) is 33.7 Å². The molecule has 0 atom stereocenters. The van der Waals surface area contributed by atoms with Crippen molar-refractivity contribution >= 4 is 40.6 Å². The van der Waals surface area contributed by atoms with Crippen LogP contribution in [0, 0.1) is 0 Å². The summed E-state index contributed by atoms with van der Waals surface area (Å²) >= 11 is 1.25. The van der Waals surface area contributed by atoms with Gasteiger partial charge in [0.25, 0.3) is 5.91 Å². The Morgan fingerprint density at radius 1 is 1.24 bits per heavy atom. The minimum absolute atomic E-state index is 0.0330. The smallest absolute Gasteiger partial charge is 0.338 e. The van der Waals surface area contributed by atoms with Gasteiger partial charge in [0.1, 0.15) is 0 Å². The molecule has 1 N–H and O–H groups in total. The fourth-order valence-corrected chi connectivity index (χ4v) is 3.57. The van der Waals surface area contributed by atoms with Crippen LogP contribution in [-0.4, -0.2) is 47.8 Å². The van der Waals surface area contributed by atoms with Gasteiger partial charge in [-0.1, -0.05) is 6.07 Å². The molecule has 1 heterocycles. The Hall–Kier alpha value is -3.26. The number of amides is 1. The van der Waals surface area contributed by atoms with Gasteiger partial charge in [0.05, 0.1) is 29.9 Å². The van der Waals surface area contributed by atoms with Crippen LogP contribution in [0.2, 0.25) is 0 Å². The number of carbonyl (C=O) groups excluding carboxylic acids is 2. The molecule has 150 valence electrons. The largest absolute Gasteiger partial charge is 0.504 e. The second kappa shape index (κ2) is 8.83. The van der Waals surface area contributed by atoms with Crippen molar-refractivity contribution in [2.75, 3.05) is 20.8 Å². The van der Waals surface area contributed by atoms with Crippen LogP contribution < -0.4 is 4.74 Å². The lowest BCUT2D eigenvalue weighted by molar-refractivity contribution is -0.121. The Morgan fingerprint density at radius 3 is 2.62 bits per heavy atom. The van der Waals surface area contributed by atoms with E-state index in [1.807, 2.05) is 0 Å². The van der Waals surface area contributed by atoms with Gasteiger partial charge < -0.3 is 14.6 Å². The lowest BCUT2D eigenvalue weighted by Crippen LogP contribution is -2.23. The van der Waals surface area contributed by atoms with Crippen molar-refractivity contribution in [1.29, 1.82) is 0 Å². The van der Waals surface area contributed by atoms with E-state index in [9.17, 15) is 14.7 Å². The number of hydrogen-bond acceptors (Lipinski definition) is 7. The number of benzene rings is 2. The predicted molar refractivity (Wildman–Crippen MR) is 112 cm³/mol. The van der Waals surface area contributed by atoms with Gasteiger partial charge >= 0.3 is 5.97 Å².